The second-order valence-electron chi connectivity index (χ2n) is 3.94. The summed E-state index contributed by atoms with van der Waals surface area (Å²) in [6.45, 7) is 0. The van der Waals surface area contributed by atoms with Crippen LogP contribution < -0.4 is 0 Å². The summed E-state index contributed by atoms with van der Waals surface area (Å²) >= 11 is 3.10. The minimum Gasteiger partial charge on any atom is -0.505 e. The number of rotatable bonds is 2. The molecule has 0 saturated carbocycles. The Hall–Kier alpha value is -2.28. The van der Waals surface area contributed by atoms with Crippen LogP contribution in [0.3, 0.4) is 0 Å². The highest BCUT2D eigenvalue weighted by Gasteiger charge is 2.14. The van der Waals surface area contributed by atoms with Crippen LogP contribution in [-0.4, -0.2) is 20.2 Å². The normalized spacial score (nSPS) is 10.7. The van der Waals surface area contributed by atoms with Gasteiger partial charge in [0.1, 0.15) is 11.6 Å². The number of aromatic nitrogens is 3. The molecule has 0 radical (unpaired) electrons. The van der Waals surface area contributed by atoms with Gasteiger partial charge in [0.15, 0.2) is 0 Å². The molecule has 0 bridgehead atoms. The summed E-state index contributed by atoms with van der Waals surface area (Å²) in [5, 5.41) is 13.5. The van der Waals surface area contributed by atoms with Crippen molar-refractivity contribution in [2.24, 2.45) is 0 Å². The van der Waals surface area contributed by atoms with Gasteiger partial charge in [0.2, 0.25) is 5.82 Å². The molecule has 1 N–H and O–H groups in total. The molecule has 100 valence electrons. The molecule has 0 spiro atoms. The highest BCUT2D eigenvalue weighted by atomic mass is 79.9. The number of hydrogen-bond acceptors (Lipinski definition) is 5. The average molecular weight is 336 g/mol. The first-order chi connectivity index (χ1) is 9.65. The largest absolute Gasteiger partial charge is 0.505 e. The van der Waals surface area contributed by atoms with Crippen molar-refractivity contribution in [3.8, 4) is 28.6 Å². The Morgan fingerprint density at radius 1 is 1.25 bits per heavy atom. The maximum Gasteiger partial charge on any atom is 0.262 e. The topological polar surface area (TPSA) is 72.0 Å². The van der Waals surface area contributed by atoms with Crippen LogP contribution in [0.4, 0.5) is 4.39 Å². The molecule has 0 aliphatic heterocycles. The van der Waals surface area contributed by atoms with Gasteiger partial charge in [-0.2, -0.15) is 4.98 Å². The first kappa shape index (κ1) is 12.7. The summed E-state index contributed by atoms with van der Waals surface area (Å²) < 4.78 is 18.6. The van der Waals surface area contributed by atoms with Crippen LogP contribution in [0.1, 0.15) is 0 Å². The molecule has 0 fully saturated rings. The molecule has 20 heavy (non-hydrogen) atoms. The summed E-state index contributed by atoms with van der Waals surface area (Å²) in [7, 11) is 0. The molecule has 2 heterocycles. The quantitative estimate of drug-likeness (QED) is 0.776. The molecule has 2 aromatic heterocycles. The molecule has 0 amide bonds. The molecule has 0 saturated heterocycles. The summed E-state index contributed by atoms with van der Waals surface area (Å²) in [4.78, 5) is 7.94. The Kier molecular flexibility index (Phi) is 3.19. The molecule has 1 aromatic carbocycles. The molecule has 5 nitrogen and oxygen atoms in total. The number of nitrogens with zero attached hydrogens (tertiary/aromatic N) is 3. The van der Waals surface area contributed by atoms with Gasteiger partial charge in [0.05, 0.1) is 16.2 Å². The van der Waals surface area contributed by atoms with Crippen LogP contribution in [0.2, 0.25) is 0 Å². The number of benzene rings is 1. The molecule has 0 aliphatic carbocycles. The highest BCUT2D eigenvalue weighted by molar-refractivity contribution is 9.10. The fourth-order valence-corrected chi connectivity index (χ4v) is 2.03. The predicted octanol–water partition coefficient (Wildman–Crippen LogP) is 3.41. The van der Waals surface area contributed by atoms with Crippen molar-refractivity contribution in [3.63, 3.8) is 0 Å². The standard InChI is InChI=1S/C13H7BrFN3O2/c14-9-5-7(1-2-10(9)15)12-17-13(20-18-12)8-3-4-16-6-11(8)19/h1-6,19H. The van der Waals surface area contributed by atoms with Gasteiger partial charge in [-0.15, -0.1) is 0 Å². The Morgan fingerprint density at radius 2 is 2.10 bits per heavy atom. The van der Waals surface area contributed by atoms with Gasteiger partial charge in [0.25, 0.3) is 5.89 Å². The lowest BCUT2D eigenvalue weighted by Crippen LogP contribution is -1.84. The first-order valence-electron chi connectivity index (χ1n) is 5.57. The lowest BCUT2D eigenvalue weighted by molar-refractivity contribution is 0.425. The summed E-state index contributed by atoms with van der Waals surface area (Å²) in [5.41, 5.74) is 0.988. The zero-order valence-corrected chi connectivity index (χ0v) is 11.5. The third kappa shape index (κ3) is 2.27. The van der Waals surface area contributed by atoms with Crippen molar-refractivity contribution in [2.45, 2.75) is 0 Å². The average Bonchev–Trinajstić information content (AvgIpc) is 2.92. The number of aromatic hydroxyl groups is 1. The molecule has 0 atom stereocenters. The fourth-order valence-electron chi connectivity index (χ4n) is 1.65. The fraction of sp³-hybridized carbons (Fsp3) is 0. The van der Waals surface area contributed by atoms with E-state index >= 15 is 0 Å². The molecular weight excluding hydrogens is 329 g/mol. The number of hydrogen-bond donors (Lipinski definition) is 1. The van der Waals surface area contributed by atoms with Gasteiger partial charge in [-0.25, -0.2) is 4.39 Å². The van der Waals surface area contributed by atoms with Crippen LogP contribution in [-0.2, 0) is 0 Å². The first-order valence-corrected chi connectivity index (χ1v) is 6.37. The smallest absolute Gasteiger partial charge is 0.262 e. The van der Waals surface area contributed by atoms with Gasteiger partial charge in [-0.3, -0.25) is 4.98 Å². The monoisotopic (exact) mass is 335 g/mol. The second-order valence-corrected chi connectivity index (χ2v) is 4.80. The molecule has 3 aromatic rings. The number of pyridine rings is 1. The Bertz CT molecular complexity index is 776. The zero-order chi connectivity index (χ0) is 14.1. The predicted molar refractivity (Wildman–Crippen MR) is 72.3 cm³/mol. The van der Waals surface area contributed by atoms with E-state index in [1.54, 1.807) is 18.2 Å². The zero-order valence-electron chi connectivity index (χ0n) is 9.92. The Balaban J connectivity index is 2.02. The van der Waals surface area contributed by atoms with Crippen molar-refractivity contribution in [1.82, 2.24) is 15.1 Å². The Morgan fingerprint density at radius 3 is 2.85 bits per heavy atom. The van der Waals surface area contributed by atoms with E-state index in [1.165, 1.54) is 18.5 Å². The minimum atomic E-state index is -0.371. The van der Waals surface area contributed by atoms with Crippen molar-refractivity contribution >= 4 is 15.9 Å². The molecule has 7 heteroatoms. The van der Waals surface area contributed by atoms with Crippen LogP contribution >= 0.6 is 15.9 Å². The van der Waals surface area contributed by atoms with E-state index in [2.05, 4.69) is 31.1 Å². The van der Waals surface area contributed by atoms with Gasteiger partial charge in [0, 0.05) is 11.8 Å². The van der Waals surface area contributed by atoms with Gasteiger partial charge < -0.3 is 9.63 Å². The van der Waals surface area contributed by atoms with Crippen molar-refractivity contribution in [1.29, 1.82) is 0 Å². The lowest BCUT2D eigenvalue weighted by Gasteiger charge is -1.97. The molecule has 3 rings (SSSR count). The summed E-state index contributed by atoms with van der Waals surface area (Å²) in [6, 6.07) is 5.96. The van der Waals surface area contributed by atoms with Gasteiger partial charge in [-0.05, 0) is 40.2 Å². The minimum absolute atomic E-state index is 0.0528. The summed E-state index contributed by atoms with van der Waals surface area (Å²) in [5.74, 6) is 0.0458. The van der Waals surface area contributed by atoms with Crippen LogP contribution in [0.25, 0.3) is 22.8 Å². The van der Waals surface area contributed by atoms with Gasteiger partial charge in [-0.1, -0.05) is 5.16 Å². The second kappa shape index (κ2) is 5.01. The maximum absolute atomic E-state index is 13.2. The molecular formula is C13H7BrFN3O2. The summed E-state index contributed by atoms with van der Waals surface area (Å²) in [6.07, 6.45) is 2.79. The van der Waals surface area contributed by atoms with Crippen molar-refractivity contribution in [3.05, 3.63) is 46.9 Å². The SMILES string of the molecule is Oc1cnccc1-c1nc(-c2ccc(F)c(Br)c2)no1. The van der Waals surface area contributed by atoms with Crippen molar-refractivity contribution in [2.75, 3.05) is 0 Å². The van der Waals surface area contributed by atoms with E-state index in [0.29, 0.717) is 21.4 Å². The third-order valence-corrected chi connectivity index (χ3v) is 3.24. The lowest BCUT2D eigenvalue weighted by atomic mass is 10.2. The van der Waals surface area contributed by atoms with E-state index in [1.807, 2.05) is 0 Å². The van der Waals surface area contributed by atoms with E-state index in [4.69, 9.17) is 4.52 Å². The van der Waals surface area contributed by atoms with Gasteiger partial charge >= 0.3 is 0 Å². The van der Waals surface area contributed by atoms with E-state index < -0.39 is 0 Å². The van der Waals surface area contributed by atoms with E-state index in [9.17, 15) is 9.50 Å². The highest BCUT2D eigenvalue weighted by Crippen LogP contribution is 2.29. The number of halogens is 2. The van der Waals surface area contributed by atoms with Crippen molar-refractivity contribution < 1.29 is 14.0 Å². The molecule has 0 aliphatic rings. The van der Waals surface area contributed by atoms with E-state index in [0.717, 1.165) is 0 Å². The van der Waals surface area contributed by atoms with Crippen LogP contribution in [0, 0.1) is 5.82 Å². The maximum atomic E-state index is 13.2. The Labute approximate surface area is 121 Å². The van der Waals surface area contributed by atoms with Crippen LogP contribution in [0.15, 0.2) is 45.7 Å². The molecule has 0 unspecified atom stereocenters. The van der Waals surface area contributed by atoms with E-state index in [-0.39, 0.29) is 17.5 Å². The van der Waals surface area contributed by atoms with Crippen LogP contribution in [0.5, 0.6) is 5.75 Å². The third-order valence-electron chi connectivity index (χ3n) is 2.63.